The fraction of sp³-hybridized carbons (Fsp3) is 0.429. The summed E-state index contributed by atoms with van der Waals surface area (Å²) in [6.07, 6.45) is 0.395. The van der Waals surface area contributed by atoms with E-state index in [-0.39, 0.29) is 6.10 Å². The van der Waals surface area contributed by atoms with Crippen LogP contribution in [0.1, 0.15) is 24.7 Å². The Hall–Kier alpha value is -2.08. The van der Waals surface area contributed by atoms with E-state index in [9.17, 15) is 0 Å². The number of ether oxygens (including phenoxy) is 2. The standard InChI is InChI=1S/C14H17N3O3/c1-2-18-8-7-13-16-14(20-17-13)12-9-15-10-5-3-4-6-11(10)19-12/h3-6,12,15H,2,7-9H2,1H3. The monoisotopic (exact) mass is 275 g/mol. The van der Waals surface area contributed by atoms with Crippen LogP contribution in [0.25, 0.3) is 0 Å². The molecule has 2 heterocycles. The lowest BCUT2D eigenvalue weighted by molar-refractivity contribution is 0.148. The van der Waals surface area contributed by atoms with Crippen molar-refractivity contribution < 1.29 is 14.0 Å². The zero-order valence-electron chi connectivity index (χ0n) is 11.3. The van der Waals surface area contributed by atoms with E-state index in [4.69, 9.17) is 14.0 Å². The topological polar surface area (TPSA) is 69.4 Å². The Kier molecular flexibility index (Phi) is 3.83. The predicted octanol–water partition coefficient (Wildman–Crippen LogP) is 2.19. The van der Waals surface area contributed by atoms with Gasteiger partial charge >= 0.3 is 0 Å². The highest BCUT2D eigenvalue weighted by atomic mass is 16.5. The van der Waals surface area contributed by atoms with Crippen LogP contribution in [0, 0.1) is 0 Å². The number of anilines is 1. The Labute approximate surface area is 117 Å². The minimum absolute atomic E-state index is 0.252. The summed E-state index contributed by atoms with van der Waals surface area (Å²) in [7, 11) is 0. The average molecular weight is 275 g/mol. The van der Waals surface area contributed by atoms with Gasteiger partial charge in [-0.3, -0.25) is 0 Å². The van der Waals surface area contributed by atoms with E-state index in [2.05, 4.69) is 15.5 Å². The maximum absolute atomic E-state index is 5.87. The number of rotatable bonds is 5. The fourth-order valence-corrected chi connectivity index (χ4v) is 2.06. The number of hydrogen-bond donors (Lipinski definition) is 1. The van der Waals surface area contributed by atoms with E-state index >= 15 is 0 Å². The summed E-state index contributed by atoms with van der Waals surface area (Å²) < 4.78 is 16.4. The Bertz CT molecular complexity index is 570. The molecule has 0 radical (unpaired) electrons. The van der Waals surface area contributed by atoms with Crippen LogP contribution in [0.4, 0.5) is 5.69 Å². The van der Waals surface area contributed by atoms with Gasteiger partial charge in [0.05, 0.1) is 18.8 Å². The number of aromatic nitrogens is 2. The third-order valence-corrected chi connectivity index (χ3v) is 3.07. The molecule has 2 aromatic rings. The molecular formula is C14H17N3O3. The summed E-state index contributed by atoms with van der Waals surface area (Å²) in [6.45, 7) is 3.87. The average Bonchev–Trinajstić information content (AvgIpc) is 2.96. The molecule has 0 saturated carbocycles. The molecule has 0 amide bonds. The summed E-state index contributed by atoms with van der Waals surface area (Å²) in [4.78, 5) is 4.36. The Morgan fingerprint density at radius 1 is 1.40 bits per heavy atom. The molecular weight excluding hydrogens is 258 g/mol. The first-order chi connectivity index (χ1) is 9.86. The first-order valence-electron chi connectivity index (χ1n) is 6.76. The van der Waals surface area contributed by atoms with Crippen LogP contribution in [0.3, 0.4) is 0 Å². The number of benzene rings is 1. The van der Waals surface area contributed by atoms with Crippen LogP contribution in [0.15, 0.2) is 28.8 Å². The SMILES string of the molecule is CCOCCc1noc(C2CNc3ccccc3O2)n1. The Morgan fingerprint density at radius 3 is 3.20 bits per heavy atom. The first-order valence-corrected chi connectivity index (χ1v) is 6.76. The van der Waals surface area contributed by atoms with E-state index < -0.39 is 0 Å². The molecule has 1 unspecified atom stereocenters. The van der Waals surface area contributed by atoms with Gasteiger partial charge in [0.1, 0.15) is 5.75 Å². The second-order valence-corrected chi connectivity index (χ2v) is 4.48. The van der Waals surface area contributed by atoms with Gasteiger partial charge in [0.2, 0.25) is 0 Å². The molecule has 1 atom stereocenters. The van der Waals surface area contributed by atoms with Crippen LogP contribution in [0.5, 0.6) is 5.75 Å². The molecule has 1 aromatic carbocycles. The normalized spacial score (nSPS) is 17.1. The third-order valence-electron chi connectivity index (χ3n) is 3.07. The molecule has 106 valence electrons. The van der Waals surface area contributed by atoms with E-state index in [1.807, 2.05) is 31.2 Å². The molecule has 1 N–H and O–H groups in total. The van der Waals surface area contributed by atoms with Gasteiger partial charge < -0.3 is 19.3 Å². The number of nitrogens with zero attached hydrogens (tertiary/aromatic N) is 2. The summed E-state index contributed by atoms with van der Waals surface area (Å²) in [6, 6.07) is 7.80. The van der Waals surface area contributed by atoms with Crippen LogP contribution in [-0.2, 0) is 11.2 Å². The van der Waals surface area contributed by atoms with Gasteiger partial charge in [-0.25, -0.2) is 0 Å². The van der Waals surface area contributed by atoms with E-state index in [1.54, 1.807) is 0 Å². The van der Waals surface area contributed by atoms with Gasteiger partial charge in [-0.2, -0.15) is 4.98 Å². The van der Waals surface area contributed by atoms with Gasteiger partial charge in [-0.15, -0.1) is 0 Å². The van der Waals surface area contributed by atoms with Gasteiger partial charge in [0.15, 0.2) is 11.9 Å². The van der Waals surface area contributed by atoms with Crippen LogP contribution < -0.4 is 10.1 Å². The molecule has 0 bridgehead atoms. The van der Waals surface area contributed by atoms with Crippen molar-refractivity contribution >= 4 is 5.69 Å². The van der Waals surface area contributed by atoms with Crippen molar-refractivity contribution in [3.8, 4) is 5.75 Å². The number of para-hydroxylation sites is 2. The second kappa shape index (κ2) is 5.92. The van der Waals surface area contributed by atoms with Gasteiger partial charge in [-0.05, 0) is 19.1 Å². The Balaban J connectivity index is 1.66. The lowest BCUT2D eigenvalue weighted by Crippen LogP contribution is -2.23. The summed E-state index contributed by atoms with van der Waals surface area (Å²) >= 11 is 0. The molecule has 0 fully saturated rings. The molecule has 6 heteroatoms. The summed E-state index contributed by atoms with van der Waals surface area (Å²) in [5.74, 6) is 1.95. The maximum atomic E-state index is 5.87. The highest BCUT2D eigenvalue weighted by molar-refractivity contribution is 5.57. The van der Waals surface area contributed by atoms with Crippen molar-refractivity contribution in [2.75, 3.05) is 25.1 Å². The largest absolute Gasteiger partial charge is 0.477 e. The van der Waals surface area contributed by atoms with Crippen molar-refractivity contribution in [1.29, 1.82) is 0 Å². The van der Waals surface area contributed by atoms with E-state index in [0.29, 0.717) is 37.9 Å². The lowest BCUT2D eigenvalue weighted by atomic mass is 10.2. The molecule has 6 nitrogen and oxygen atoms in total. The quantitative estimate of drug-likeness (QED) is 0.844. The minimum atomic E-state index is -0.252. The van der Waals surface area contributed by atoms with Gasteiger partial charge in [0.25, 0.3) is 5.89 Å². The van der Waals surface area contributed by atoms with Crippen LogP contribution in [0.2, 0.25) is 0 Å². The Morgan fingerprint density at radius 2 is 2.30 bits per heavy atom. The highest BCUT2D eigenvalue weighted by Gasteiger charge is 2.25. The first kappa shape index (κ1) is 12.9. The predicted molar refractivity (Wildman–Crippen MR) is 72.8 cm³/mol. The van der Waals surface area contributed by atoms with Crippen LogP contribution in [-0.4, -0.2) is 29.9 Å². The highest BCUT2D eigenvalue weighted by Crippen LogP contribution is 2.33. The van der Waals surface area contributed by atoms with Crippen molar-refractivity contribution in [1.82, 2.24) is 10.1 Å². The maximum Gasteiger partial charge on any atom is 0.269 e. The molecule has 0 saturated heterocycles. The number of fused-ring (bicyclic) bond motifs is 1. The van der Waals surface area contributed by atoms with Crippen molar-refractivity contribution in [2.24, 2.45) is 0 Å². The summed E-state index contributed by atoms with van der Waals surface area (Å²) in [5, 5.41) is 7.24. The molecule has 0 spiro atoms. The van der Waals surface area contributed by atoms with Gasteiger partial charge in [0, 0.05) is 13.0 Å². The van der Waals surface area contributed by atoms with Crippen molar-refractivity contribution in [3.63, 3.8) is 0 Å². The minimum Gasteiger partial charge on any atom is -0.477 e. The molecule has 1 aliphatic heterocycles. The molecule has 1 aliphatic rings. The second-order valence-electron chi connectivity index (χ2n) is 4.48. The molecule has 3 rings (SSSR count). The zero-order chi connectivity index (χ0) is 13.8. The lowest BCUT2D eigenvalue weighted by Gasteiger charge is -2.24. The van der Waals surface area contributed by atoms with Gasteiger partial charge in [-0.1, -0.05) is 17.3 Å². The smallest absolute Gasteiger partial charge is 0.269 e. The van der Waals surface area contributed by atoms with Crippen LogP contribution >= 0.6 is 0 Å². The summed E-state index contributed by atoms with van der Waals surface area (Å²) in [5.41, 5.74) is 0.986. The van der Waals surface area contributed by atoms with E-state index in [0.717, 1.165) is 11.4 Å². The molecule has 20 heavy (non-hydrogen) atoms. The number of nitrogens with one attached hydrogen (secondary N) is 1. The van der Waals surface area contributed by atoms with Crippen molar-refractivity contribution in [2.45, 2.75) is 19.4 Å². The van der Waals surface area contributed by atoms with Crippen molar-refractivity contribution in [3.05, 3.63) is 36.0 Å². The zero-order valence-corrected chi connectivity index (χ0v) is 11.3. The molecule has 0 aliphatic carbocycles. The van der Waals surface area contributed by atoms with E-state index in [1.165, 1.54) is 0 Å². The number of hydrogen-bond acceptors (Lipinski definition) is 6. The fourth-order valence-electron chi connectivity index (χ4n) is 2.06. The third kappa shape index (κ3) is 2.75. The molecule has 1 aromatic heterocycles.